The summed E-state index contributed by atoms with van der Waals surface area (Å²) in [6.07, 6.45) is 2.22. The van der Waals surface area contributed by atoms with Gasteiger partial charge in [0.05, 0.1) is 6.20 Å². The van der Waals surface area contributed by atoms with Gasteiger partial charge in [0.25, 0.3) is 0 Å². The number of hydrogen-bond donors (Lipinski definition) is 1. The molecule has 0 fully saturated rings. The number of carboxylic acid groups (broad SMARTS) is 1. The predicted molar refractivity (Wildman–Crippen MR) is 79.0 cm³/mol. The summed E-state index contributed by atoms with van der Waals surface area (Å²) in [7, 11) is 0. The van der Waals surface area contributed by atoms with Gasteiger partial charge in [-0.05, 0) is 18.1 Å². The maximum absolute atomic E-state index is 11.4. The maximum Gasteiger partial charge on any atom is 0.358 e. The van der Waals surface area contributed by atoms with Crippen LogP contribution in [0.5, 0.6) is 11.5 Å². The molecule has 1 aromatic heterocycles. The third-order valence-electron chi connectivity index (χ3n) is 3.07. The van der Waals surface area contributed by atoms with Crippen LogP contribution in [0.15, 0.2) is 30.5 Å². The lowest BCUT2D eigenvalue weighted by atomic mass is 10.1. The second-order valence-corrected chi connectivity index (χ2v) is 4.96. The molecule has 0 aliphatic heterocycles. The van der Waals surface area contributed by atoms with Crippen LogP contribution in [-0.4, -0.2) is 21.0 Å². The van der Waals surface area contributed by atoms with Gasteiger partial charge in [-0.1, -0.05) is 39.0 Å². The number of para-hydroxylation sites is 1. The van der Waals surface area contributed by atoms with Crippen molar-refractivity contribution in [3.05, 3.63) is 47.5 Å². The van der Waals surface area contributed by atoms with Gasteiger partial charge >= 0.3 is 5.97 Å². The van der Waals surface area contributed by atoms with Crippen LogP contribution in [0.1, 0.15) is 48.6 Å². The molecule has 0 aliphatic rings. The minimum absolute atomic E-state index is 0.0556. The maximum atomic E-state index is 11.4. The SMILES string of the molecule is CCc1ccccc1Oc1cnc(C(C)C)nc1C(=O)O. The summed E-state index contributed by atoms with van der Waals surface area (Å²) in [6.45, 7) is 5.83. The average molecular weight is 286 g/mol. The Morgan fingerprint density at radius 3 is 2.62 bits per heavy atom. The molecule has 110 valence electrons. The Balaban J connectivity index is 2.42. The molecule has 0 unspecified atom stereocenters. The third kappa shape index (κ3) is 3.37. The topological polar surface area (TPSA) is 72.3 Å². The van der Waals surface area contributed by atoms with Crippen molar-refractivity contribution in [3.8, 4) is 11.5 Å². The molecule has 5 heteroatoms. The van der Waals surface area contributed by atoms with Gasteiger partial charge in [0.15, 0.2) is 11.4 Å². The molecule has 0 saturated heterocycles. The number of benzene rings is 1. The van der Waals surface area contributed by atoms with E-state index in [0.29, 0.717) is 11.6 Å². The Hall–Kier alpha value is -2.43. The summed E-state index contributed by atoms with van der Waals surface area (Å²) in [6, 6.07) is 7.51. The monoisotopic (exact) mass is 286 g/mol. The molecule has 0 radical (unpaired) electrons. The van der Waals surface area contributed by atoms with Crippen molar-refractivity contribution in [2.24, 2.45) is 0 Å². The molecule has 1 aromatic carbocycles. The standard InChI is InChI=1S/C16H18N2O3/c1-4-11-7-5-6-8-12(11)21-13-9-17-15(10(2)3)18-14(13)16(19)20/h5-10H,4H2,1-3H3,(H,19,20). The molecule has 5 nitrogen and oxygen atoms in total. The first-order valence-electron chi connectivity index (χ1n) is 6.89. The van der Waals surface area contributed by atoms with Crippen LogP contribution in [0.2, 0.25) is 0 Å². The molecule has 1 N–H and O–H groups in total. The van der Waals surface area contributed by atoms with Crippen LogP contribution in [0, 0.1) is 0 Å². The fourth-order valence-electron chi connectivity index (χ4n) is 1.90. The Morgan fingerprint density at radius 1 is 1.29 bits per heavy atom. The van der Waals surface area contributed by atoms with E-state index in [1.807, 2.05) is 39.0 Å². The summed E-state index contributed by atoms with van der Waals surface area (Å²) >= 11 is 0. The predicted octanol–water partition coefficient (Wildman–Crippen LogP) is 3.65. The molecule has 0 saturated carbocycles. The first-order valence-corrected chi connectivity index (χ1v) is 6.89. The van der Waals surface area contributed by atoms with E-state index in [2.05, 4.69) is 9.97 Å². The third-order valence-corrected chi connectivity index (χ3v) is 3.07. The smallest absolute Gasteiger partial charge is 0.358 e. The second kappa shape index (κ2) is 6.35. The molecule has 0 spiro atoms. The lowest BCUT2D eigenvalue weighted by Crippen LogP contribution is -2.09. The summed E-state index contributed by atoms with van der Waals surface area (Å²) in [5, 5.41) is 9.31. The molecule has 0 atom stereocenters. The summed E-state index contributed by atoms with van der Waals surface area (Å²) in [5.74, 6) is 0.211. The Labute approximate surface area is 123 Å². The minimum Gasteiger partial charge on any atom is -0.476 e. The number of ether oxygens (including phenoxy) is 1. The first kappa shape index (κ1) is 15.0. The number of aromatic nitrogens is 2. The molecule has 0 bridgehead atoms. The van der Waals surface area contributed by atoms with Crippen molar-refractivity contribution in [2.45, 2.75) is 33.1 Å². The molecule has 2 rings (SSSR count). The molecule has 1 heterocycles. The largest absolute Gasteiger partial charge is 0.476 e. The number of carbonyl (C=O) groups is 1. The molecule has 2 aromatic rings. The average Bonchev–Trinajstić information content (AvgIpc) is 2.47. The zero-order chi connectivity index (χ0) is 15.4. The van der Waals surface area contributed by atoms with E-state index in [4.69, 9.17) is 4.74 Å². The highest BCUT2D eigenvalue weighted by molar-refractivity contribution is 5.88. The zero-order valence-corrected chi connectivity index (χ0v) is 12.3. The van der Waals surface area contributed by atoms with E-state index in [1.54, 1.807) is 6.07 Å². The summed E-state index contributed by atoms with van der Waals surface area (Å²) < 4.78 is 5.72. The van der Waals surface area contributed by atoms with Crippen molar-refractivity contribution in [2.75, 3.05) is 0 Å². The fourth-order valence-corrected chi connectivity index (χ4v) is 1.90. The van der Waals surface area contributed by atoms with Crippen LogP contribution < -0.4 is 4.74 Å². The van der Waals surface area contributed by atoms with E-state index in [0.717, 1.165) is 12.0 Å². The Morgan fingerprint density at radius 2 is 2.00 bits per heavy atom. The van der Waals surface area contributed by atoms with Gasteiger partial charge < -0.3 is 9.84 Å². The van der Waals surface area contributed by atoms with E-state index in [1.165, 1.54) is 6.20 Å². The van der Waals surface area contributed by atoms with Gasteiger partial charge in [-0.2, -0.15) is 0 Å². The van der Waals surface area contributed by atoms with Gasteiger partial charge in [-0.3, -0.25) is 0 Å². The number of nitrogens with zero attached hydrogens (tertiary/aromatic N) is 2. The zero-order valence-electron chi connectivity index (χ0n) is 12.3. The van der Waals surface area contributed by atoms with E-state index in [9.17, 15) is 9.90 Å². The Bertz CT molecular complexity index is 654. The van der Waals surface area contributed by atoms with Crippen LogP contribution >= 0.6 is 0 Å². The van der Waals surface area contributed by atoms with Gasteiger partial charge in [-0.25, -0.2) is 14.8 Å². The Kier molecular flexibility index (Phi) is 4.52. The highest BCUT2D eigenvalue weighted by Gasteiger charge is 2.18. The van der Waals surface area contributed by atoms with Gasteiger partial charge in [0.2, 0.25) is 0 Å². The number of aromatic carboxylic acids is 1. The second-order valence-electron chi connectivity index (χ2n) is 4.96. The van der Waals surface area contributed by atoms with Crippen LogP contribution in [0.4, 0.5) is 0 Å². The van der Waals surface area contributed by atoms with Crippen molar-refractivity contribution in [3.63, 3.8) is 0 Å². The number of aryl methyl sites for hydroxylation is 1. The van der Waals surface area contributed by atoms with Crippen molar-refractivity contribution in [1.29, 1.82) is 0 Å². The summed E-state index contributed by atoms with van der Waals surface area (Å²) in [4.78, 5) is 19.6. The molecule has 21 heavy (non-hydrogen) atoms. The lowest BCUT2D eigenvalue weighted by molar-refractivity contribution is 0.0686. The molecular formula is C16H18N2O3. The van der Waals surface area contributed by atoms with Crippen molar-refractivity contribution >= 4 is 5.97 Å². The highest BCUT2D eigenvalue weighted by atomic mass is 16.5. The van der Waals surface area contributed by atoms with E-state index in [-0.39, 0.29) is 17.4 Å². The fraction of sp³-hybridized carbons (Fsp3) is 0.312. The first-order chi connectivity index (χ1) is 10.0. The van der Waals surface area contributed by atoms with Gasteiger partial charge in [0.1, 0.15) is 11.6 Å². The number of hydrogen-bond acceptors (Lipinski definition) is 4. The molecule has 0 amide bonds. The van der Waals surface area contributed by atoms with E-state index >= 15 is 0 Å². The molecule has 0 aliphatic carbocycles. The van der Waals surface area contributed by atoms with Gasteiger partial charge in [0, 0.05) is 5.92 Å². The van der Waals surface area contributed by atoms with Crippen molar-refractivity contribution < 1.29 is 14.6 Å². The quantitative estimate of drug-likeness (QED) is 0.908. The van der Waals surface area contributed by atoms with E-state index < -0.39 is 5.97 Å². The lowest BCUT2D eigenvalue weighted by Gasteiger charge is -2.12. The molecular weight excluding hydrogens is 268 g/mol. The highest BCUT2D eigenvalue weighted by Crippen LogP contribution is 2.28. The van der Waals surface area contributed by atoms with Crippen LogP contribution in [0.3, 0.4) is 0 Å². The summed E-state index contributed by atoms with van der Waals surface area (Å²) in [5.41, 5.74) is 0.890. The van der Waals surface area contributed by atoms with Crippen LogP contribution in [0.25, 0.3) is 0 Å². The number of carboxylic acids is 1. The normalized spacial score (nSPS) is 10.7. The van der Waals surface area contributed by atoms with Gasteiger partial charge in [-0.15, -0.1) is 0 Å². The number of rotatable bonds is 5. The van der Waals surface area contributed by atoms with Crippen LogP contribution in [-0.2, 0) is 6.42 Å². The van der Waals surface area contributed by atoms with Crippen molar-refractivity contribution in [1.82, 2.24) is 9.97 Å². The minimum atomic E-state index is -1.12.